The normalized spacial score (nSPS) is 14.0. The largest absolute Gasteiger partial charge is 0.497 e. The minimum Gasteiger partial charge on any atom is -0.497 e. The van der Waals surface area contributed by atoms with Gasteiger partial charge in [-0.05, 0) is 12.1 Å². The van der Waals surface area contributed by atoms with Gasteiger partial charge in [0.05, 0.1) is 26.5 Å². The molecule has 2 heterocycles. The van der Waals surface area contributed by atoms with Crippen LogP contribution < -0.4 is 14.8 Å². The molecule has 2 aromatic rings. The van der Waals surface area contributed by atoms with Crippen molar-refractivity contribution in [3.8, 4) is 23.0 Å². The molecule has 0 aliphatic carbocycles. The topological polar surface area (TPSA) is 56.5 Å². The number of ether oxygens (including phenoxy) is 2. The predicted molar refractivity (Wildman–Crippen MR) is 70.5 cm³/mol. The van der Waals surface area contributed by atoms with Crippen LogP contribution in [0.25, 0.3) is 11.5 Å². The number of fused-ring (bicyclic) bond motifs is 1. The van der Waals surface area contributed by atoms with Crippen molar-refractivity contribution in [1.29, 1.82) is 0 Å². The number of nitrogens with zero attached hydrogens (tertiary/aromatic N) is 1. The zero-order valence-electron chi connectivity index (χ0n) is 11.0. The van der Waals surface area contributed by atoms with Gasteiger partial charge in [0.2, 0.25) is 5.89 Å². The molecular formula is C14H16N2O3. The highest BCUT2D eigenvalue weighted by atomic mass is 16.5. The van der Waals surface area contributed by atoms with Crippen LogP contribution in [0.2, 0.25) is 0 Å². The molecule has 0 saturated carbocycles. The number of hydrogen-bond donors (Lipinski definition) is 1. The molecule has 1 aliphatic rings. The van der Waals surface area contributed by atoms with E-state index in [-0.39, 0.29) is 0 Å². The van der Waals surface area contributed by atoms with Crippen LogP contribution in [0.15, 0.2) is 22.6 Å². The number of benzene rings is 1. The monoisotopic (exact) mass is 260 g/mol. The van der Waals surface area contributed by atoms with Gasteiger partial charge in [-0.15, -0.1) is 0 Å². The minimum absolute atomic E-state index is 0.617. The molecule has 1 N–H and O–H groups in total. The lowest BCUT2D eigenvalue weighted by Crippen LogP contribution is -2.22. The Morgan fingerprint density at radius 2 is 1.89 bits per heavy atom. The van der Waals surface area contributed by atoms with Gasteiger partial charge in [-0.3, -0.25) is 0 Å². The number of nitrogens with one attached hydrogen (secondary N) is 1. The molecule has 0 saturated heterocycles. The molecule has 0 atom stereocenters. The Morgan fingerprint density at radius 1 is 1.16 bits per heavy atom. The van der Waals surface area contributed by atoms with E-state index in [0.717, 1.165) is 48.0 Å². The van der Waals surface area contributed by atoms with Crippen molar-refractivity contribution in [2.75, 3.05) is 20.8 Å². The Labute approximate surface area is 111 Å². The van der Waals surface area contributed by atoms with E-state index < -0.39 is 0 Å². The number of rotatable bonds is 3. The molecule has 1 aliphatic heterocycles. The maximum atomic E-state index is 5.81. The molecule has 5 heteroatoms. The fourth-order valence-corrected chi connectivity index (χ4v) is 2.18. The predicted octanol–water partition coefficient (Wildman–Crippen LogP) is 2.00. The summed E-state index contributed by atoms with van der Waals surface area (Å²) in [6.45, 7) is 1.68. The molecule has 19 heavy (non-hydrogen) atoms. The molecule has 0 bridgehead atoms. The smallest absolute Gasteiger partial charge is 0.226 e. The first-order valence-electron chi connectivity index (χ1n) is 6.23. The first-order chi connectivity index (χ1) is 9.30. The lowest BCUT2D eigenvalue weighted by Gasteiger charge is -2.08. The fraction of sp³-hybridized carbons (Fsp3) is 0.357. The van der Waals surface area contributed by atoms with Crippen molar-refractivity contribution >= 4 is 0 Å². The second kappa shape index (κ2) is 4.93. The van der Waals surface area contributed by atoms with Crippen LogP contribution in [0, 0.1) is 0 Å². The SMILES string of the molecule is COc1cc(OC)cc(-c2nc3c(o2)CNCC3)c1. The van der Waals surface area contributed by atoms with E-state index in [4.69, 9.17) is 13.9 Å². The van der Waals surface area contributed by atoms with Gasteiger partial charge < -0.3 is 19.2 Å². The van der Waals surface area contributed by atoms with Crippen molar-refractivity contribution in [1.82, 2.24) is 10.3 Å². The van der Waals surface area contributed by atoms with E-state index in [0.29, 0.717) is 5.89 Å². The summed E-state index contributed by atoms with van der Waals surface area (Å²) in [7, 11) is 3.26. The Balaban J connectivity index is 2.03. The number of methoxy groups -OCH3 is 2. The second-order valence-corrected chi connectivity index (χ2v) is 4.42. The first kappa shape index (κ1) is 12.0. The van der Waals surface area contributed by atoms with Gasteiger partial charge in [-0.25, -0.2) is 4.98 Å². The molecule has 1 aromatic heterocycles. The zero-order valence-corrected chi connectivity index (χ0v) is 11.0. The average Bonchev–Trinajstić information content (AvgIpc) is 2.90. The molecule has 0 unspecified atom stereocenters. The maximum absolute atomic E-state index is 5.81. The fourth-order valence-electron chi connectivity index (χ4n) is 2.18. The Bertz CT molecular complexity index is 547. The molecule has 100 valence electrons. The highest BCUT2D eigenvalue weighted by Gasteiger charge is 2.18. The van der Waals surface area contributed by atoms with Crippen molar-refractivity contribution in [3.63, 3.8) is 0 Å². The van der Waals surface area contributed by atoms with Crippen LogP contribution in [0.1, 0.15) is 11.5 Å². The van der Waals surface area contributed by atoms with E-state index in [1.807, 2.05) is 18.2 Å². The Hall–Kier alpha value is -2.01. The number of aromatic nitrogens is 1. The Morgan fingerprint density at radius 3 is 2.53 bits per heavy atom. The van der Waals surface area contributed by atoms with Gasteiger partial charge in [0.25, 0.3) is 0 Å². The van der Waals surface area contributed by atoms with Crippen molar-refractivity contribution in [2.45, 2.75) is 13.0 Å². The molecule has 0 fully saturated rings. The summed E-state index contributed by atoms with van der Waals surface area (Å²) < 4.78 is 16.3. The summed E-state index contributed by atoms with van der Waals surface area (Å²) in [5, 5.41) is 3.27. The van der Waals surface area contributed by atoms with Crippen molar-refractivity contribution in [2.24, 2.45) is 0 Å². The van der Waals surface area contributed by atoms with Crippen LogP contribution >= 0.6 is 0 Å². The lowest BCUT2D eigenvalue weighted by molar-refractivity contribution is 0.394. The van der Waals surface area contributed by atoms with Gasteiger partial charge in [-0.1, -0.05) is 0 Å². The standard InChI is InChI=1S/C14H16N2O3/c1-17-10-5-9(6-11(7-10)18-2)14-16-12-3-4-15-8-13(12)19-14/h5-7,15H,3-4,8H2,1-2H3. The molecule has 5 nitrogen and oxygen atoms in total. The summed E-state index contributed by atoms with van der Waals surface area (Å²) >= 11 is 0. The molecular weight excluding hydrogens is 244 g/mol. The molecule has 1 aromatic carbocycles. The third-order valence-corrected chi connectivity index (χ3v) is 3.20. The van der Waals surface area contributed by atoms with Gasteiger partial charge in [-0.2, -0.15) is 0 Å². The summed E-state index contributed by atoms with van der Waals surface area (Å²) in [6, 6.07) is 5.62. The van der Waals surface area contributed by atoms with Crippen LogP contribution in [-0.2, 0) is 13.0 Å². The zero-order chi connectivity index (χ0) is 13.2. The van der Waals surface area contributed by atoms with Crippen molar-refractivity contribution < 1.29 is 13.9 Å². The Kier molecular flexibility index (Phi) is 3.13. The number of oxazole rings is 1. The molecule has 3 rings (SSSR count). The van der Waals surface area contributed by atoms with Gasteiger partial charge in [0.15, 0.2) is 0 Å². The van der Waals surface area contributed by atoms with Crippen molar-refractivity contribution in [3.05, 3.63) is 29.7 Å². The summed E-state index contributed by atoms with van der Waals surface area (Å²) in [5.41, 5.74) is 1.90. The molecule has 0 spiro atoms. The summed E-state index contributed by atoms with van der Waals surface area (Å²) in [5.74, 6) is 2.99. The van der Waals surface area contributed by atoms with E-state index in [9.17, 15) is 0 Å². The molecule has 0 radical (unpaired) electrons. The third kappa shape index (κ3) is 2.29. The second-order valence-electron chi connectivity index (χ2n) is 4.42. The lowest BCUT2D eigenvalue weighted by atomic mass is 10.2. The van der Waals surface area contributed by atoms with E-state index in [2.05, 4.69) is 10.3 Å². The highest BCUT2D eigenvalue weighted by Crippen LogP contribution is 2.31. The van der Waals surface area contributed by atoms with E-state index >= 15 is 0 Å². The van der Waals surface area contributed by atoms with Crippen LogP contribution in [0.4, 0.5) is 0 Å². The number of hydrogen-bond acceptors (Lipinski definition) is 5. The van der Waals surface area contributed by atoms with E-state index in [1.165, 1.54) is 0 Å². The average molecular weight is 260 g/mol. The highest BCUT2D eigenvalue weighted by molar-refractivity contribution is 5.60. The first-order valence-corrected chi connectivity index (χ1v) is 6.23. The third-order valence-electron chi connectivity index (χ3n) is 3.20. The summed E-state index contributed by atoms with van der Waals surface area (Å²) in [4.78, 5) is 4.55. The quantitative estimate of drug-likeness (QED) is 0.914. The summed E-state index contributed by atoms with van der Waals surface area (Å²) in [6.07, 6.45) is 0.903. The minimum atomic E-state index is 0.617. The van der Waals surface area contributed by atoms with Gasteiger partial charge in [0.1, 0.15) is 17.3 Å². The van der Waals surface area contributed by atoms with E-state index in [1.54, 1.807) is 14.2 Å². The van der Waals surface area contributed by atoms with Crippen LogP contribution in [-0.4, -0.2) is 25.7 Å². The molecule has 0 amide bonds. The van der Waals surface area contributed by atoms with Gasteiger partial charge in [0, 0.05) is 24.6 Å². The van der Waals surface area contributed by atoms with Gasteiger partial charge >= 0.3 is 0 Å². The van der Waals surface area contributed by atoms with Crippen LogP contribution in [0.3, 0.4) is 0 Å². The van der Waals surface area contributed by atoms with Crippen LogP contribution in [0.5, 0.6) is 11.5 Å². The maximum Gasteiger partial charge on any atom is 0.226 e.